The maximum absolute atomic E-state index is 12.9. The van der Waals surface area contributed by atoms with Gasteiger partial charge in [-0.15, -0.1) is 0 Å². The first-order valence-corrected chi connectivity index (χ1v) is 12.1. The van der Waals surface area contributed by atoms with E-state index in [-0.39, 0.29) is 5.43 Å². The number of hydrogen-bond acceptors (Lipinski definition) is 5. The van der Waals surface area contributed by atoms with Crippen molar-refractivity contribution < 1.29 is 4.55 Å². The van der Waals surface area contributed by atoms with Crippen LogP contribution in [0.4, 0.5) is 5.69 Å². The summed E-state index contributed by atoms with van der Waals surface area (Å²) in [6.45, 7) is 1.81. The van der Waals surface area contributed by atoms with Crippen LogP contribution in [0.3, 0.4) is 0 Å². The van der Waals surface area contributed by atoms with Crippen molar-refractivity contribution in [3.63, 3.8) is 0 Å². The molecule has 0 saturated heterocycles. The Bertz CT molecular complexity index is 1540. The van der Waals surface area contributed by atoms with Crippen LogP contribution in [0, 0.1) is 0 Å². The Morgan fingerprint density at radius 3 is 2.70 bits per heavy atom. The van der Waals surface area contributed by atoms with Gasteiger partial charge in [-0.2, -0.15) is 0 Å². The summed E-state index contributed by atoms with van der Waals surface area (Å²) < 4.78 is 15.8. The molecule has 0 radical (unpaired) electrons. The Hall–Kier alpha value is -3.39. The molecule has 3 aromatic heterocycles. The van der Waals surface area contributed by atoms with Crippen LogP contribution >= 0.6 is 11.6 Å². The van der Waals surface area contributed by atoms with Crippen LogP contribution in [0.15, 0.2) is 77.9 Å². The molecule has 3 heterocycles. The SMILES string of the molecule is CC[S+]([O-])Nc1c(-c2cc(Cl)c3ncccc3c2)c(-c2ccccc2)nc2[nH]ccc(=O)c12. The zero-order chi connectivity index (χ0) is 22.9. The second kappa shape index (κ2) is 8.86. The lowest BCUT2D eigenvalue weighted by molar-refractivity contribution is 0.601. The summed E-state index contributed by atoms with van der Waals surface area (Å²) in [5, 5.41) is 1.67. The van der Waals surface area contributed by atoms with Gasteiger partial charge in [0.1, 0.15) is 17.1 Å². The highest BCUT2D eigenvalue weighted by atomic mass is 35.5. The molecule has 0 aliphatic rings. The minimum absolute atomic E-state index is 0.221. The second-order valence-electron chi connectivity index (χ2n) is 7.41. The van der Waals surface area contributed by atoms with Gasteiger partial charge in [-0.05, 0) is 30.7 Å². The highest BCUT2D eigenvalue weighted by Crippen LogP contribution is 2.42. The Kier molecular flexibility index (Phi) is 5.76. The molecule has 0 aliphatic heterocycles. The molecule has 5 rings (SSSR count). The van der Waals surface area contributed by atoms with E-state index in [0.29, 0.717) is 44.3 Å². The number of pyridine rings is 3. The Labute approximate surface area is 198 Å². The van der Waals surface area contributed by atoms with Crippen LogP contribution in [0.5, 0.6) is 0 Å². The average molecular weight is 475 g/mol. The topological polar surface area (TPSA) is 93.7 Å². The number of nitrogens with one attached hydrogen (secondary N) is 2. The number of H-pyrrole nitrogens is 1. The van der Waals surface area contributed by atoms with Gasteiger partial charge in [-0.3, -0.25) is 9.78 Å². The van der Waals surface area contributed by atoms with Gasteiger partial charge in [0.05, 0.1) is 33.0 Å². The molecule has 8 heteroatoms. The fourth-order valence-electron chi connectivity index (χ4n) is 3.88. The smallest absolute Gasteiger partial charge is 0.193 e. The molecular formula is C25H19ClN4O2S. The number of aromatic amines is 1. The molecule has 1 atom stereocenters. The lowest BCUT2D eigenvalue weighted by Gasteiger charge is -2.19. The lowest BCUT2D eigenvalue weighted by atomic mass is 9.95. The number of hydrogen-bond donors (Lipinski definition) is 2. The van der Waals surface area contributed by atoms with Crippen molar-refractivity contribution >= 4 is 50.6 Å². The molecule has 0 fully saturated rings. The molecule has 5 aromatic rings. The summed E-state index contributed by atoms with van der Waals surface area (Å²) in [5.41, 5.74) is 4.22. The lowest BCUT2D eigenvalue weighted by Crippen LogP contribution is -2.18. The number of benzene rings is 2. The highest BCUT2D eigenvalue weighted by molar-refractivity contribution is 7.92. The minimum atomic E-state index is -1.40. The third-order valence-corrected chi connectivity index (χ3v) is 6.62. The van der Waals surface area contributed by atoms with Gasteiger partial charge >= 0.3 is 0 Å². The van der Waals surface area contributed by atoms with Gasteiger partial charge in [0.2, 0.25) is 0 Å². The Morgan fingerprint density at radius 1 is 1.09 bits per heavy atom. The van der Waals surface area contributed by atoms with Crippen LogP contribution < -0.4 is 10.2 Å². The van der Waals surface area contributed by atoms with Crippen molar-refractivity contribution in [3.8, 4) is 22.4 Å². The zero-order valence-electron chi connectivity index (χ0n) is 17.6. The summed E-state index contributed by atoms with van der Waals surface area (Å²) in [7, 11) is 0. The maximum atomic E-state index is 12.9. The van der Waals surface area contributed by atoms with Gasteiger partial charge in [0.15, 0.2) is 5.43 Å². The van der Waals surface area contributed by atoms with Gasteiger partial charge in [-0.25, -0.2) is 9.71 Å². The van der Waals surface area contributed by atoms with Crippen LogP contribution in [-0.2, 0) is 11.4 Å². The van der Waals surface area contributed by atoms with E-state index in [4.69, 9.17) is 16.6 Å². The molecule has 0 spiro atoms. The maximum Gasteiger partial charge on any atom is 0.193 e. The standard InChI is InChI=1S/C25H19ClN4O2S/c1-2-33(32)30-24-20(17-13-16-9-6-11-27-22(16)18(26)14-17)23(15-7-4-3-5-8-15)29-25-21(24)19(31)10-12-28-25/h3-14H,2H2,1H3,(H2,28,29,30,31). The second-order valence-corrected chi connectivity index (χ2v) is 9.29. The van der Waals surface area contributed by atoms with E-state index < -0.39 is 11.4 Å². The number of halogens is 1. The van der Waals surface area contributed by atoms with Crippen LogP contribution in [-0.4, -0.2) is 25.3 Å². The van der Waals surface area contributed by atoms with Gasteiger partial charge in [-0.1, -0.05) is 48.0 Å². The van der Waals surface area contributed by atoms with Crippen molar-refractivity contribution in [1.82, 2.24) is 15.0 Å². The van der Waals surface area contributed by atoms with E-state index in [9.17, 15) is 9.35 Å². The summed E-state index contributed by atoms with van der Waals surface area (Å²) >= 11 is 5.21. The molecule has 0 amide bonds. The predicted molar refractivity (Wildman–Crippen MR) is 136 cm³/mol. The molecule has 2 N–H and O–H groups in total. The van der Waals surface area contributed by atoms with Gasteiger partial charge in [0, 0.05) is 35.0 Å². The van der Waals surface area contributed by atoms with Crippen molar-refractivity contribution in [2.45, 2.75) is 6.92 Å². The van der Waals surface area contributed by atoms with E-state index in [2.05, 4.69) is 14.7 Å². The number of nitrogens with zero attached hydrogens (tertiary/aromatic N) is 2. The summed E-state index contributed by atoms with van der Waals surface area (Å²) in [6, 6.07) is 18.6. The number of anilines is 1. The number of aromatic nitrogens is 3. The van der Waals surface area contributed by atoms with Gasteiger partial charge in [0.25, 0.3) is 0 Å². The van der Waals surface area contributed by atoms with E-state index in [1.165, 1.54) is 6.07 Å². The molecule has 0 aliphatic carbocycles. The fourth-order valence-corrected chi connectivity index (χ4v) is 4.73. The molecule has 6 nitrogen and oxygen atoms in total. The van der Waals surface area contributed by atoms with Crippen molar-refractivity contribution in [2.75, 3.05) is 10.5 Å². The first-order chi connectivity index (χ1) is 16.1. The molecule has 1 unspecified atom stereocenters. The minimum Gasteiger partial charge on any atom is -0.593 e. The predicted octanol–water partition coefficient (Wildman–Crippen LogP) is 5.55. The quantitative estimate of drug-likeness (QED) is 0.325. The molecular weight excluding hydrogens is 456 g/mol. The molecule has 0 saturated carbocycles. The van der Waals surface area contributed by atoms with E-state index in [1.807, 2.05) is 61.5 Å². The average Bonchev–Trinajstić information content (AvgIpc) is 2.84. The van der Waals surface area contributed by atoms with Crippen LogP contribution in [0.2, 0.25) is 5.02 Å². The Balaban J connectivity index is 1.94. The van der Waals surface area contributed by atoms with E-state index in [1.54, 1.807) is 12.4 Å². The molecule has 33 heavy (non-hydrogen) atoms. The summed E-state index contributed by atoms with van der Waals surface area (Å²) in [4.78, 5) is 25.2. The fraction of sp³-hybridized carbons (Fsp3) is 0.0800. The van der Waals surface area contributed by atoms with Crippen molar-refractivity contribution in [1.29, 1.82) is 0 Å². The first-order valence-electron chi connectivity index (χ1n) is 10.4. The number of rotatable bonds is 5. The van der Waals surface area contributed by atoms with Crippen LogP contribution in [0.25, 0.3) is 44.3 Å². The third-order valence-electron chi connectivity index (χ3n) is 5.37. The summed E-state index contributed by atoms with van der Waals surface area (Å²) in [5.74, 6) is 0.372. The zero-order valence-corrected chi connectivity index (χ0v) is 19.2. The summed E-state index contributed by atoms with van der Waals surface area (Å²) in [6.07, 6.45) is 3.25. The van der Waals surface area contributed by atoms with E-state index >= 15 is 0 Å². The van der Waals surface area contributed by atoms with Crippen molar-refractivity contribution in [2.24, 2.45) is 0 Å². The normalized spacial score (nSPS) is 12.2. The molecule has 164 valence electrons. The third kappa shape index (κ3) is 3.95. The number of fused-ring (bicyclic) bond motifs is 2. The van der Waals surface area contributed by atoms with Crippen LogP contribution in [0.1, 0.15) is 6.92 Å². The van der Waals surface area contributed by atoms with Gasteiger partial charge < -0.3 is 9.54 Å². The largest absolute Gasteiger partial charge is 0.593 e. The van der Waals surface area contributed by atoms with E-state index in [0.717, 1.165) is 16.5 Å². The molecule has 0 bridgehead atoms. The first kappa shape index (κ1) is 21.5. The van der Waals surface area contributed by atoms with Crippen molar-refractivity contribution in [3.05, 3.63) is 88.3 Å². The highest BCUT2D eigenvalue weighted by Gasteiger charge is 2.23. The monoisotopic (exact) mass is 474 g/mol. The Morgan fingerprint density at radius 2 is 1.91 bits per heavy atom. The molecule has 2 aromatic carbocycles.